The number of hydrogen-bond donors (Lipinski definition) is 2. The molecule has 0 aliphatic rings. The molecule has 0 saturated carbocycles. The van der Waals surface area contributed by atoms with E-state index in [1.807, 2.05) is 0 Å². The highest BCUT2D eigenvalue weighted by Gasteiger charge is 2.10. The summed E-state index contributed by atoms with van der Waals surface area (Å²) in [4.78, 5) is 11.1. The van der Waals surface area contributed by atoms with Crippen LogP contribution in [0.2, 0.25) is 5.02 Å². The van der Waals surface area contributed by atoms with Gasteiger partial charge >= 0.3 is 5.97 Å². The van der Waals surface area contributed by atoms with Crippen LogP contribution in [0.4, 0.5) is 0 Å². The minimum Gasteiger partial charge on any atom is -0.463 e. The third-order valence-corrected chi connectivity index (χ3v) is 2.59. The molecule has 0 aliphatic carbocycles. The van der Waals surface area contributed by atoms with Crippen LogP contribution in [-0.4, -0.2) is 29.4 Å². The molecule has 0 aliphatic heterocycles. The van der Waals surface area contributed by atoms with Gasteiger partial charge in [-0.25, -0.2) is 4.79 Å². The molecule has 5 heteroatoms. The fourth-order valence-corrected chi connectivity index (χ4v) is 1.62. The molecule has 1 rings (SSSR count). The molecule has 98 valence electrons. The predicted molar refractivity (Wildman–Crippen MR) is 69.2 cm³/mol. The molecule has 0 bridgehead atoms. The Hall–Kier alpha value is -1.36. The lowest BCUT2D eigenvalue weighted by Crippen LogP contribution is -2.03. The molecule has 0 unspecified atom stereocenters. The molecule has 0 heterocycles. The second-order valence-corrected chi connectivity index (χ2v) is 3.97. The van der Waals surface area contributed by atoms with Gasteiger partial charge in [0.1, 0.15) is 6.10 Å². The van der Waals surface area contributed by atoms with Crippen molar-refractivity contribution in [3.05, 3.63) is 40.4 Å². The summed E-state index contributed by atoms with van der Waals surface area (Å²) in [5.74, 6) is -0.434. The number of halogens is 1. The molecule has 0 amide bonds. The van der Waals surface area contributed by atoms with Crippen LogP contribution in [-0.2, 0) is 9.53 Å². The Morgan fingerprint density at radius 3 is 2.89 bits per heavy atom. The summed E-state index contributed by atoms with van der Waals surface area (Å²) >= 11 is 5.90. The Morgan fingerprint density at radius 1 is 1.56 bits per heavy atom. The first-order chi connectivity index (χ1) is 8.58. The monoisotopic (exact) mass is 270 g/mol. The lowest BCUT2D eigenvalue weighted by Gasteiger charge is -2.10. The van der Waals surface area contributed by atoms with E-state index in [2.05, 4.69) is 0 Å². The van der Waals surface area contributed by atoms with Crippen LogP contribution in [0.25, 0.3) is 6.08 Å². The molecular weight excluding hydrogens is 256 g/mol. The van der Waals surface area contributed by atoms with Crippen LogP contribution in [0.15, 0.2) is 24.3 Å². The molecule has 1 aromatic carbocycles. The van der Waals surface area contributed by atoms with Crippen molar-refractivity contribution in [3.63, 3.8) is 0 Å². The smallest absolute Gasteiger partial charge is 0.330 e. The van der Waals surface area contributed by atoms with E-state index >= 15 is 0 Å². The molecule has 0 aromatic heterocycles. The normalized spacial score (nSPS) is 12.7. The number of esters is 1. The minimum atomic E-state index is -1.03. The number of rotatable bonds is 5. The third kappa shape index (κ3) is 4.14. The van der Waals surface area contributed by atoms with E-state index in [1.54, 1.807) is 31.2 Å². The van der Waals surface area contributed by atoms with Gasteiger partial charge in [0.15, 0.2) is 0 Å². The number of carbonyl (C=O) groups is 1. The van der Waals surface area contributed by atoms with Gasteiger partial charge in [0.25, 0.3) is 0 Å². The van der Waals surface area contributed by atoms with Crippen LogP contribution in [0, 0.1) is 0 Å². The number of hydrogen-bond acceptors (Lipinski definition) is 4. The highest BCUT2D eigenvalue weighted by atomic mass is 35.5. The number of carbonyl (C=O) groups excluding carboxylic acids is 1. The first kappa shape index (κ1) is 14.7. The minimum absolute atomic E-state index is 0.318. The molecule has 0 radical (unpaired) electrons. The fourth-order valence-electron chi connectivity index (χ4n) is 1.37. The highest BCUT2D eigenvalue weighted by molar-refractivity contribution is 6.31. The van der Waals surface area contributed by atoms with Gasteiger partial charge in [-0.2, -0.15) is 0 Å². The largest absolute Gasteiger partial charge is 0.463 e. The van der Waals surface area contributed by atoms with Gasteiger partial charge in [0.05, 0.1) is 13.2 Å². The van der Waals surface area contributed by atoms with Gasteiger partial charge in [0.2, 0.25) is 0 Å². The van der Waals surface area contributed by atoms with Gasteiger partial charge in [-0.3, -0.25) is 0 Å². The summed E-state index contributed by atoms with van der Waals surface area (Å²) in [6, 6.07) is 4.91. The summed E-state index contributed by atoms with van der Waals surface area (Å²) < 4.78 is 4.75. The number of aliphatic hydroxyl groups excluding tert-OH is 2. The van der Waals surface area contributed by atoms with E-state index < -0.39 is 18.7 Å². The van der Waals surface area contributed by atoms with E-state index in [0.717, 1.165) is 0 Å². The summed E-state index contributed by atoms with van der Waals surface area (Å²) in [5.41, 5.74) is 1.11. The Kier molecular flexibility index (Phi) is 5.85. The Balaban J connectivity index is 2.88. The van der Waals surface area contributed by atoms with E-state index in [1.165, 1.54) is 6.08 Å². The third-order valence-electron chi connectivity index (χ3n) is 2.25. The number of ether oxygens (including phenoxy) is 1. The van der Waals surface area contributed by atoms with Crippen LogP contribution in [0.5, 0.6) is 0 Å². The topological polar surface area (TPSA) is 66.8 Å². The van der Waals surface area contributed by atoms with Crippen molar-refractivity contribution in [2.24, 2.45) is 0 Å². The van der Waals surface area contributed by atoms with E-state index in [-0.39, 0.29) is 0 Å². The van der Waals surface area contributed by atoms with Crippen LogP contribution >= 0.6 is 11.6 Å². The first-order valence-electron chi connectivity index (χ1n) is 5.51. The highest BCUT2D eigenvalue weighted by Crippen LogP contribution is 2.24. The number of benzene rings is 1. The molecule has 1 aromatic rings. The van der Waals surface area contributed by atoms with E-state index in [4.69, 9.17) is 21.4 Å². The quantitative estimate of drug-likeness (QED) is 0.634. The van der Waals surface area contributed by atoms with Crippen LogP contribution < -0.4 is 0 Å². The van der Waals surface area contributed by atoms with Crippen molar-refractivity contribution in [2.45, 2.75) is 13.0 Å². The zero-order valence-electron chi connectivity index (χ0n) is 9.97. The number of aliphatic hydroxyl groups is 2. The maximum Gasteiger partial charge on any atom is 0.330 e. The SMILES string of the molecule is CCOC(=O)/C=C/c1ccc(Cl)c([C@H](O)CO)c1. The summed E-state index contributed by atoms with van der Waals surface area (Å²) in [5, 5.41) is 18.8. The van der Waals surface area contributed by atoms with Crippen molar-refractivity contribution >= 4 is 23.6 Å². The Labute approximate surface area is 110 Å². The van der Waals surface area contributed by atoms with Gasteiger partial charge < -0.3 is 14.9 Å². The maximum atomic E-state index is 11.1. The summed E-state index contributed by atoms with van der Waals surface area (Å²) in [7, 11) is 0. The predicted octanol–water partition coefficient (Wildman–Crippen LogP) is 1.94. The Morgan fingerprint density at radius 2 is 2.28 bits per heavy atom. The fraction of sp³-hybridized carbons (Fsp3) is 0.308. The second-order valence-electron chi connectivity index (χ2n) is 3.56. The Bertz CT molecular complexity index is 443. The van der Waals surface area contributed by atoms with Crippen molar-refractivity contribution in [1.82, 2.24) is 0 Å². The van der Waals surface area contributed by atoms with Gasteiger partial charge in [-0.1, -0.05) is 17.7 Å². The maximum absolute atomic E-state index is 11.1. The summed E-state index contributed by atoms with van der Waals surface area (Å²) in [6.07, 6.45) is 1.82. The molecule has 4 nitrogen and oxygen atoms in total. The van der Waals surface area contributed by atoms with Gasteiger partial charge in [-0.05, 0) is 30.7 Å². The van der Waals surface area contributed by atoms with E-state index in [0.29, 0.717) is 22.8 Å². The molecular formula is C13H15ClO4. The average Bonchev–Trinajstić information content (AvgIpc) is 2.37. The van der Waals surface area contributed by atoms with E-state index in [9.17, 15) is 9.90 Å². The van der Waals surface area contributed by atoms with Crippen molar-refractivity contribution < 1.29 is 19.7 Å². The van der Waals surface area contributed by atoms with Crippen LogP contribution in [0.3, 0.4) is 0 Å². The molecule has 0 spiro atoms. The zero-order valence-corrected chi connectivity index (χ0v) is 10.7. The molecule has 0 saturated heterocycles. The van der Waals surface area contributed by atoms with Crippen LogP contribution in [0.1, 0.15) is 24.2 Å². The van der Waals surface area contributed by atoms with Gasteiger partial charge in [0, 0.05) is 16.7 Å². The molecule has 0 fully saturated rings. The summed E-state index contributed by atoms with van der Waals surface area (Å²) in [6.45, 7) is 1.63. The van der Waals surface area contributed by atoms with Crippen molar-refractivity contribution in [2.75, 3.05) is 13.2 Å². The lowest BCUT2D eigenvalue weighted by atomic mass is 10.1. The average molecular weight is 271 g/mol. The zero-order chi connectivity index (χ0) is 13.5. The van der Waals surface area contributed by atoms with Crippen molar-refractivity contribution in [1.29, 1.82) is 0 Å². The van der Waals surface area contributed by atoms with Crippen molar-refractivity contribution in [3.8, 4) is 0 Å². The van der Waals surface area contributed by atoms with Gasteiger partial charge in [-0.15, -0.1) is 0 Å². The lowest BCUT2D eigenvalue weighted by molar-refractivity contribution is -0.137. The first-order valence-corrected chi connectivity index (χ1v) is 5.89. The molecule has 1 atom stereocenters. The molecule has 18 heavy (non-hydrogen) atoms. The second kappa shape index (κ2) is 7.16. The molecule has 2 N–H and O–H groups in total. The standard InChI is InChI=1S/C13H15ClO4/c1-2-18-13(17)6-4-9-3-5-11(14)10(7-9)12(16)8-15/h3-7,12,15-16H,2,8H2,1H3/b6-4+/t12-/m1/s1.